The van der Waals surface area contributed by atoms with Crippen LogP contribution in [0.3, 0.4) is 0 Å². The highest BCUT2D eigenvalue weighted by atomic mass is 16.5. The molecular weight excluding hydrogens is 416 g/mol. The highest BCUT2D eigenvalue weighted by molar-refractivity contribution is 5.94. The Bertz CT molecular complexity index is 955. The number of rotatable bonds is 9. The minimum absolute atomic E-state index is 0.0307. The maximum atomic E-state index is 13.1. The van der Waals surface area contributed by atoms with E-state index in [2.05, 4.69) is 26.1 Å². The second kappa shape index (κ2) is 11.0. The summed E-state index contributed by atoms with van der Waals surface area (Å²) >= 11 is 0. The molecule has 0 aliphatic heterocycles. The summed E-state index contributed by atoms with van der Waals surface area (Å²) in [7, 11) is 1.65. The summed E-state index contributed by atoms with van der Waals surface area (Å²) in [4.78, 5) is 27.9. The molecule has 7 nitrogen and oxygen atoms in total. The Morgan fingerprint density at radius 3 is 2.58 bits per heavy atom. The lowest BCUT2D eigenvalue weighted by molar-refractivity contribution is -0.138. The first-order valence-electron chi connectivity index (χ1n) is 11.9. The molecule has 2 amide bonds. The van der Waals surface area contributed by atoms with Crippen molar-refractivity contribution in [2.45, 2.75) is 65.2 Å². The van der Waals surface area contributed by atoms with Crippen molar-refractivity contribution in [2.75, 3.05) is 32.1 Å². The van der Waals surface area contributed by atoms with Crippen LogP contribution in [0.2, 0.25) is 0 Å². The summed E-state index contributed by atoms with van der Waals surface area (Å²) in [5, 5.41) is 7.81. The molecular formula is C26H38N4O3. The number of methoxy groups -OCH3 is 1. The summed E-state index contributed by atoms with van der Waals surface area (Å²) in [6.07, 6.45) is 4.70. The van der Waals surface area contributed by atoms with Gasteiger partial charge in [0.1, 0.15) is 5.82 Å². The molecule has 0 radical (unpaired) electrons. The molecule has 3 rings (SSSR count). The molecule has 0 unspecified atom stereocenters. The second-order valence-electron chi connectivity index (χ2n) is 10.1. The van der Waals surface area contributed by atoms with Gasteiger partial charge in [-0.15, -0.1) is 0 Å². The number of carbonyl (C=O) groups excluding carboxylic acids is 2. The largest absolute Gasteiger partial charge is 0.385 e. The normalized spacial score (nSPS) is 14.5. The number of benzene rings is 1. The highest BCUT2D eigenvalue weighted by Gasteiger charge is 2.29. The number of nitrogens with zero attached hydrogens (tertiary/aromatic N) is 3. The molecule has 0 spiro atoms. The number of amides is 2. The molecule has 1 aliphatic carbocycles. The van der Waals surface area contributed by atoms with Crippen molar-refractivity contribution in [3.63, 3.8) is 0 Å². The summed E-state index contributed by atoms with van der Waals surface area (Å²) in [5.41, 5.74) is 2.72. The van der Waals surface area contributed by atoms with Crippen LogP contribution in [-0.4, -0.2) is 53.3 Å². The van der Waals surface area contributed by atoms with Crippen molar-refractivity contribution in [1.29, 1.82) is 0 Å². The van der Waals surface area contributed by atoms with E-state index >= 15 is 0 Å². The van der Waals surface area contributed by atoms with Crippen LogP contribution in [0.5, 0.6) is 0 Å². The van der Waals surface area contributed by atoms with Gasteiger partial charge in [-0.05, 0) is 43.9 Å². The zero-order chi connectivity index (χ0) is 24.0. The minimum Gasteiger partial charge on any atom is -0.385 e. The fourth-order valence-electron chi connectivity index (χ4n) is 4.25. The number of aromatic nitrogens is 2. The van der Waals surface area contributed by atoms with Gasteiger partial charge in [0.2, 0.25) is 11.8 Å². The molecule has 7 heteroatoms. The van der Waals surface area contributed by atoms with Gasteiger partial charge in [-0.3, -0.25) is 9.59 Å². The quantitative estimate of drug-likeness (QED) is 0.567. The van der Waals surface area contributed by atoms with Gasteiger partial charge in [0, 0.05) is 37.7 Å². The fourth-order valence-corrected chi connectivity index (χ4v) is 4.25. The number of aryl methyl sites for hydroxylation is 1. The van der Waals surface area contributed by atoms with Gasteiger partial charge >= 0.3 is 0 Å². The summed E-state index contributed by atoms with van der Waals surface area (Å²) in [6, 6.07) is 9.95. The zero-order valence-electron chi connectivity index (χ0n) is 20.7. The molecule has 1 aromatic heterocycles. The molecule has 33 heavy (non-hydrogen) atoms. The molecule has 1 saturated carbocycles. The Labute approximate surface area is 197 Å². The number of ether oxygens (including phenoxy) is 1. The van der Waals surface area contributed by atoms with Crippen LogP contribution in [0.4, 0.5) is 5.82 Å². The Morgan fingerprint density at radius 1 is 1.21 bits per heavy atom. The molecule has 1 N–H and O–H groups in total. The monoisotopic (exact) mass is 454 g/mol. The molecule has 2 aromatic rings. The van der Waals surface area contributed by atoms with E-state index in [9.17, 15) is 9.59 Å². The third-order valence-corrected chi connectivity index (χ3v) is 6.12. The SMILES string of the molecule is COCCCN(CC(=O)Nc1cc(C(C)(C)C)nn1-c1cccc(C)c1)C(=O)C1CCCC1. The van der Waals surface area contributed by atoms with Crippen molar-refractivity contribution in [2.24, 2.45) is 5.92 Å². The number of carbonyl (C=O) groups is 2. The Balaban J connectivity index is 1.80. The van der Waals surface area contributed by atoms with Crippen LogP contribution in [0, 0.1) is 12.8 Å². The predicted molar refractivity (Wildman–Crippen MR) is 131 cm³/mol. The van der Waals surface area contributed by atoms with E-state index in [1.165, 1.54) is 0 Å². The van der Waals surface area contributed by atoms with Crippen LogP contribution >= 0.6 is 0 Å². The van der Waals surface area contributed by atoms with E-state index in [4.69, 9.17) is 9.84 Å². The van der Waals surface area contributed by atoms with Crippen LogP contribution < -0.4 is 5.32 Å². The van der Waals surface area contributed by atoms with E-state index in [1.807, 2.05) is 37.3 Å². The number of anilines is 1. The van der Waals surface area contributed by atoms with Gasteiger partial charge in [-0.2, -0.15) is 5.10 Å². The summed E-state index contributed by atoms with van der Waals surface area (Å²) in [5.74, 6) is 0.515. The van der Waals surface area contributed by atoms with Crippen molar-refractivity contribution in [3.8, 4) is 5.69 Å². The average Bonchev–Trinajstić information content (AvgIpc) is 3.43. The first-order valence-corrected chi connectivity index (χ1v) is 11.9. The van der Waals surface area contributed by atoms with E-state index in [0.29, 0.717) is 25.4 Å². The third-order valence-electron chi connectivity index (χ3n) is 6.12. The highest BCUT2D eigenvalue weighted by Crippen LogP contribution is 2.28. The molecule has 1 aromatic carbocycles. The van der Waals surface area contributed by atoms with Crippen LogP contribution in [0.15, 0.2) is 30.3 Å². The maximum absolute atomic E-state index is 13.1. The zero-order valence-corrected chi connectivity index (χ0v) is 20.7. The van der Waals surface area contributed by atoms with Crippen LogP contribution in [0.25, 0.3) is 5.69 Å². The molecule has 1 fully saturated rings. The minimum atomic E-state index is -0.215. The Morgan fingerprint density at radius 2 is 1.94 bits per heavy atom. The van der Waals surface area contributed by atoms with E-state index in [0.717, 1.165) is 42.6 Å². The van der Waals surface area contributed by atoms with Gasteiger partial charge in [-0.25, -0.2) is 4.68 Å². The van der Waals surface area contributed by atoms with Gasteiger partial charge in [0.15, 0.2) is 0 Å². The molecule has 180 valence electrons. The lowest BCUT2D eigenvalue weighted by atomic mass is 9.92. The molecule has 1 heterocycles. The van der Waals surface area contributed by atoms with Gasteiger partial charge in [-0.1, -0.05) is 45.7 Å². The maximum Gasteiger partial charge on any atom is 0.245 e. The van der Waals surface area contributed by atoms with Crippen LogP contribution in [0.1, 0.15) is 64.1 Å². The van der Waals surface area contributed by atoms with Crippen LogP contribution in [-0.2, 0) is 19.7 Å². The van der Waals surface area contributed by atoms with Crippen molar-refractivity contribution in [3.05, 3.63) is 41.6 Å². The van der Waals surface area contributed by atoms with Crippen molar-refractivity contribution in [1.82, 2.24) is 14.7 Å². The van der Waals surface area contributed by atoms with E-state index in [1.54, 1.807) is 16.7 Å². The van der Waals surface area contributed by atoms with E-state index < -0.39 is 0 Å². The topological polar surface area (TPSA) is 76.5 Å². The van der Waals surface area contributed by atoms with Gasteiger partial charge < -0.3 is 15.0 Å². The molecule has 0 bridgehead atoms. The lowest BCUT2D eigenvalue weighted by Gasteiger charge is -2.25. The van der Waals surface area contributed by atoms with Crippen molar-refractivity contribution < 1.29 is 14.3 Å². The average molecular weight is 455 g/mol. The van der Waals surface area contributed by atoms with Crippen molar-refractivity contribution >= 4 is 17.6 Å². The first kappa shape index (κ1) is 25.0. The fraction of sp³-hybridized carbons (Fsp3) is 0.577. The summed E-state index contributed by atoms with van der Waals surface area (Å²) in [6.45, 7) is 9.43. The number of hydrogen-bond donors (Lipinski definition) is 1. The standard InChI is InChI=1S/C26H38N4O3/c1-19-10-8-13-21(16-19)30-23(17-22(28-30)26(2,3)4)27-24(31)18-29(14-9-15-33-5)25(32)20-11-6-7-12-20/h8,10,13,16-17,20H,6-7,9,11-12,14-15,18H2,1-5H3,(H,27,31). The predicted octanol–water partition coefficient (Wildman–Crippen LogP) is 4.47. The van der Waals surface area contributed by atoms with Gasteiger partial charge in [0.05, 0.1) is 17.9 Å². The molecule has 1 aliphatic rings. The third kappa shape index (κ3) is 6.67. The Kier molecular flexibility index (Phi) is 8.30. The van der Waals surface area contributed by atoms with Gasteiger partial charge in [0.25, 0.3) is 0 Å². The Hall–Kier alpha value is -2.67. The summed E-state index contributed by atoms with van der Waals surface area (Å²) < 4.78 is 6.93. The molecule has 0 saturated heterocycles. The number of nitrogens with one attached hydrogen (secondary N) is 1. The second-order valence-corrected chi connectivity index (χ2v) is 10.1. The smallest absolute Gasteiger partial charge is 0.245 e. The lowest BCUT2D eigenvalue weighted by Crippen LogP contribution is -2.41. The van der Waals surface area contributed by atoms with E-state index in [-0.39, 0.29) is 29.7 Å². The first-order chi connectivity index (χ1) is 15.7. The number of hydrogen-bond acceptors (Lipinski definition) is 4. The molecule has 0 atom stereocenters.